The van der Waals surface area contributed by atoms with E-state index in [0.717, 1.165) is 25.7 Å². The second-order valence-electron chi connectivity index (χ2n) is 6.94. The SMILES string of the molecule is CCOc1cc2c(c(F)c1F)-c1c-2ccc(C2CCCCCC2)c1F. The molecule has 0 aromatic heterocycles. The van der Waals surface area contributed by atoms with Crippen LogP contribution in [0.3, 0.4) is 0 Å². The average Bonchev–Trinajstić information content (AvgIpc) is 2.87. The summed E-state index contributed by atoms with van der Waals surface area (Å²) in [7, 11) is 0. The molecule has 4 rings (SSSR count). The predicted molar refractivity (Wildman–Crippen MR) is 92.4 cm³/mol. The maximum atomic E-state index is 15.1. The van der Waals surface area contributed by atoms with Gasteiger partial charge in [-0.25, -0.2) is 8.78 Å². The standard InChI is InChI=1S/C21H21F3O/c1-2-25-16-11-15-14-10-9-13(12-7-5-3-4-6-8-12)19(22)17(14)18(15)21(24)20(16)23/h9-12H,2-8H2,1H3. The van der Waals surface area contributed by atoms with Crippen molar-refractivity contribution in [1.82, 2.24) is 0 Å². The molecule has 0 unspecified atom stereocenters. The van der Waals surface area contributed by atoms with Crippen molar-refractivity contribution in [3.8, 4) is 28.0 Å². The highest BCUT2D eigenvalue weighted by atomic mass is 19.2. The smallest absolute Gasteiger partial charge is 0.201 e. The van der Waals surface area contributed by atoms with Gasteiger partial charge < -0.3 is 4.74 Å². The summed E-state index contributed by atoms with van der Waals surface area (Å²) < 4.78 is 49.0. The lowest BCUT2D eigenvalue weighted by Gasteiger charge is -2.28. The number of hydrogen-bond acceptors (Lipinski definition) is 1. The first-order valence-electron chi connectivity index (χ1n) is 9.11. The van der Waals surface area contributed by atoms with Gasteiger partial charge in [0.15, 0.2) is 11.6 Å². The highest BCUT2D eigenvalue weighted by Gasteiger charge is 2.35. The van der Waals surface area contributed by atoms with Crippen LogP contribution in [0, 0.1) is 17.5 Å². The molecule has 4 heteroatoms. The molecule has 0 radical (unpaired) electrons. The van der Waals surface area contributed by atoms with Gasteiger partial charge in [0.05, 0.1) is 6.61 Å². The van der Waals surface area contributed by atoms with Gasteiger partial charge in [0.1, 0.15) is 5.82 Å². The fraction of sp³-hybridized carbons (Fsp3) is 0.429. The van der Waals surface area contributed by atoms with Crippen LogP contribution in [0.25, 0.3) is 22.3 Å². The molecule has 2 aliphatic carbocycles. The first-order valence-corrected chi connectivity index (χ1v) is 9.11. The van der Waals surface area contributed by atoms with Gasteiger partial charge in [-0.15, -0.1) is 0 Å². The number of fused-ring (bicyclic) bond motifs is 4. The van der Waals surface area contributed by atoms with Crippen molar-refractivity contribution in [2.24, 2.45) is 0 Å². The van der Waals surface area contributed by atoms with Crippen molar-refractivity contribution in [2.75, 3.05) is 6.61 Å². The number of hydrogen-bond donors (Lipinski definition) is 0. The fourth-order valence-electron chi connectivity index (χ4n) is 4.22. The van der Waals surface area contributed by atoms with Crippen LogP contribution in [0.15, 0.2) is 18.2 Å². The first-order chi connectivity index (χ1) is 12.1. The number of rotatable bonds is 3. The molecule has 0 bridgehead atoms. The van der Waals surface area contributed by atoms with Crippen molar-refractivity contribution in [2.45, 2.75) is 51.4 Å². The summed E-state index contributed by atoms with van der Waals surface area (Å²) in [5.74, 6) is -2.36. The molecule has 0 atom stereocenters. The Morgan fingerprint density at radius 2 is 1.56 bits per heavy atom. The van der Waals surface area contributed by atoms with E-state index < -0.39 is 11.6 Å². The average molecular weight is 346 g/mol. The summed E-state index contributed by atoms with van der Waals surface area (Å²) in [6.07, 6.45) is 6.49. The van der Waals surface area contributed by atoms with Gasteiger partial charge in [-0.3, -0.25) is 0 Å². The van der Waals surface area contributed by atoms with Gasteiger partial charge >= 0.3 is 0 Å². The van der Waals surface area contributed by atoms with E-state index in [2.05, 4.69) is 0 Å². The summed E-state index contributed by atoms with van der Waals surface area (Å²) in [4.78, 5) is 0. The Labute approximate surface area is 145 Å². The molecule has 2 aromatic rings. The Bertz CT molecular complexity index is 821. The summed E-state index contributed by atoms with van der Waals surface area (Å²) in [6, 6.07) is 5.15. The van der Waals surface area contributed by atoms with E-state index in [1.807, 2.05) is 12.1 Å². The molecule has 132 valence electrons. The number of ether oxygens (including phenoxy) is 1. The molecular weight excluding hydrogens is 325 g/mol. The van der Waals surface area contributed by atoms with E-state index in [1.54, 1.807) is 6.92 Å². The van der Waals surface area contributed by atoms with Crippen LogP contribution in [0.2, 0.25) is 0 Å². The lowest BCUT2D eigenvalue weighted by Crippen LogP contribution is -2.11. The van der Waals surface area contributed by atoms with Crippen LogP contribution in [0.1, 0.15) is 56.9 Å². The van der Waals surface area contributed by atoms with Gasteiger partial charge in [0, 0.05) is 11.1 Å². The van der Waals surface area contributed by atoms with Crippen LogP contribution >= 0.6 is 0 Å². The third-order valence-electron chi connectivity index (χ3n) is 5.48. The molecule has 0 saturated heterocycles. The predicted octanol–water partition coefficient (Wildman–Crippen LogP) is 6.59. The Balaban J connectivity index is 1.77. The minimum absolute atomic E-state index is 0.0592. The molecule has 0 aliphatic heterocycles. The third kappa shape index (κ3) is 2.54. The Hall–Kier alpha value is -1.97. The lowest BCUT2D eigenvalue weighted by molar-refractivity contribution is 0.314. The zero-order chi connectivity index (χ0) is 17.6. The maximum Gasteiger partial charge on any atom is 0.201 e. The Kier molecular flexibility index (Phi) is 4.22. The van der Waals surface area contributed by atoms with E-state index in [0.29, 0.717) is 16.7 Å². The molecule has 2 aliphatic rings. The quantitative estimate of drug-likeness (QED) is 0.486. The second-order valence-corrected chi connectivity index (χ2v) is 6.94. The Morgan fingerprint density at radius 1 is 0.880 bits per heavy atom. The van der Waals surface area contributed by atoms with Crippen LogP contribution in [0.5, 0.6) is 5.75 Å². The number of halogens is 3. The molecule has 0 heterocycles. The van der Waals surface area contributed by atoms with Gasteiger partial charge in [0.25, 0.3) is 0 Å². The normalized spacial score (nSPS) is 16.6. The third-order valence-corrected chi connectivity index (χ3v) is 5.48. The topological polar surface area (TPSA) is 9.23 Å². The van der Waals surface area contributed by atoms with Gasteiger partial charge in [-0.05, 0) is 48.4 Å². The largest absolute Gasteiger partial charge is 0.491 e. The van der Waals surface area contributed by atoms with Crippen LogP contribution in [-0.4, -0.2) is 6.61 Å². The van der Waals surface area contributed by atoms with Crippen LogP contribution in [0.4, 0.5) is 13.2 Å². The van der Waals surface area contributed by atoms with Gasteiger partial charge in [-0.2, -0.15) is 4.39 Å². The minimum Gasteiger partial charge on any atom is -0.491 e. The van der Waals surface area contributed by atoms with Crippen molar-refractivity contribution < 1.29 is 17.9 Å². The highest BCUT2D eigenvalue weighted by molar-refractivity contribution is 6.03. The summed E-state index contributed by atoms with van der Waals surface area (Å²) in [5.41, 5.74) is 2.12. The maximum absolute atomic E-state index is 15.1. The number of benzene rings is 2. The zero-order valence-corrected chi connectivity index (χ0v) is 14.3. The van der Waals surface area contributed by atoms with E-state index >= 15 is 4.39 Å². The molecule has 0 amide bonds. The molecule has 0 N–H and O–H groups in total. The zero-order valence-electron chi connectivity index (χ0n) is 14.3. The molecule has 25 heavy (non-hydrogen) atoms. The lowest BCUT2D eigenvalue weighted by atomic mass is 9.76. The van der Waals surface area contributed by atoms with E-state index in [1.165, 1.54) is 18.9 Å². The van der Waals surface area contributed by atoms with Crippen molar-refractivity contribution in [1.29, 1.82) is 0 Å². The van der Waals surface area contributed by atoms with E-state index in [4.69, 9.17) is 4.74 Å². The first kappa shape index (κ1) is 16.5. The van der Waals surface area contributed by atoms with Crippen LogP contribution in [-0.2, 0) is 0 Å². The van der Waals surface area contributed by atoms with E-state index in [9.17, 15) is 8.78 Å². The van der Waals surface area contributed by atoms with Crippen molar-refractivity contribution in [3.05, 3.63) is 41.2 Å². The van der Waals surface area contributed by atoms with Gasteiger partial charge in [0.2, 0.25) is 5.82 Å². The summed E-state index contributed by atoms with van der Waals surface area (Å²) in [6.45, 7) is 1.96. The van der Waals surface area contributed by atoms with Crippen molar-refractivity contribution in [3.63, 3.8) is 0 Å². The monoisotopic (exact) mass is 346 g/mol. The fourth-order valence-corrected chi connectivity index (χ4v) is 4.22. The summed E-state index contributed by atoms with van der Waals surface area (Å²) >= 11 is 0. The van der Waals surface area contributed by atoms with Crippen molar-refractivity contribution >= 4 is 0 Å². The minimum atomic E-state index is -1.04. The summed E-state index contributed by atoms with van der Waals surface area (Å²) in [5, 5.41) is 0. The molecule has 2 aromatic carbocycles. The molecule has 1 nitrogen and oxygen atoms in total. The van der Waals surface area contributed by atoms with Crippen LogP contribution < -0.4 is 4.74 Å². The highest BCUT2D eigenvalue weighted by Crippen LogP contribution is 2.53. The molecule has 1 saturated carbocycles. The van der Waals surface area contributed by atoms with E-state index in [-0.39, 0.29) is 35.2 Å². The second kappa shape index (κ2) is 6.40. The molecule has 1 fully saturated rings. The Morgan fingerprint density at radius 3 is 2.24 bits per heavy atom. The molecule has 0 spiro atoms. The van der Waals surface area contributed by atoms with Gasteiger partial charge in [-0.1, -0.05) is 37.8 Å². The molecular formula is C21H21F3O.